The van der Waals surface area contributed by atoms with Gasteiger partial charge in [-0.05, 0) is 48.1 Å². The highest BCUT2D eigenvalue weighted by Crippen LogP contribution is 2.23. The van der Waals surface area contributed by atoms with E-state index in [0.29, 0.717) is 17.1 Å². The summed E-state index contributed by atoms with van der Waals surface area (Å²) < 4.78 is 40.7. The molecule has 0 atom stereocenters. The van der Waals surface area contributed by atoms with Crippen LogP contribution >= 0.6 is 24.8 Å². The Bertz CT molecular complexity index is 1120. The molecule has 178 valence electrons. The zero-order valence-electron chi connectivity index (χ0n) is 17.7. The number of hydrogen-bond donors (Lipinski definition) is 2. The van der Waals surface area contributed by atoms with Crippen molar-refractivity contribution in [2.24, 2.45) is 10.1 Å². The Kier molecular flexibility index (Phi) is 11.1. The Balaban J connectivity index is 0.00000272. The van der Waals surface area contributed by atoms with E-state index in [2.05, 4.69) is 4.40 Å². The summed E-state index contributed by atoms with van der Waals surface area (Å²) in [6.07, 6.45) is 15.0. The number of sulfonamides is 1. The van der Waals surface area contributed by atoms with Crippen molar-refractivity contribution in [3.8, 4) is 5.75 Å². The molecule has 1 aliphatic carbocycles. The molecule has 3 N–H and O–H groups in total. The van der Waals surface area contributed by atoms with Crippen LogP contribution in [0.2, 0.25) is 0 Å². The van der Waals surface area contributed by atoms with Gasteiger partial charge in [0.25, 0.3) is 10.0 Å². The van der Waals surface area contributed by atoms with E-state index in [1.54, 1.807) is 54.7 Å². The molecule has 8 nitrogen and oxygen atoms in total. The molecule has 1 aromatic rings. The molecule has 0 fully saturated rings. The van der Waals surface area contributed by atoms with Crippen LogP contribution < -0.4 is 10.5 Å². The first-order chi connectivity index (χ1) is 14.9. The number of hydroxylamine groups is 2. The number of rotatable bonds is 7. The fourth-order valence-corrected chi connectivity index (χ4v) is 3.73. The minimum Gasteiger partial charge on any atom is -0.497 e. The molecule has 0 unspecified atom stereocenters. The number of hydrogen-bond acceptors (Lipinski definition) is 7. The summed E-state index contributed by atoms with van der Waals surface area (Å²) in [4.78, 5) is 0.0346. The zero-order valence-corrected chi connectivity index (χ0v) is 20.1. The third kappa shape index (κ3) is 7.62. The second-order valence-electron chi connectivity index (χ2n) is 6.42. The highest BCUT2D eigenvalue weighted by molar-refractivity contribution is 7.90. The molecule has 0 aromatic heterocycles. The van der Waals surface area contributed by atoms with Crippen LogP contribution in [0, 0.1) is 0 Å². The Morgan fingerprint density at radius 3 is 2.36 bits per heavy atom. The summed E-state index contributed by atoms with van der Waals surface area (Å²) in [6, 6.07) is 5.99. The van der Waals surface area contributed by atoms with Crippen LogP contribution in [0.25, 0.3) is 0 Å². The molecular weight excluding hydrogens is 489 g/mol. The number of methoxy groups -OCH3 is 1. The van der Waals surface area contributed by atoms with E-state index in [-0.39, 0.29) is 48.6 Å². The predicted octanol–water partition coefficient (Wildman–Crippen LogP) is 3.68. The van der Waals surface area contributed by atoms with Crippen molar-refractivity contribution in [1.29, 1.82) is 0 Å². The summed E-state index contributed by atoms with van der Waals surface area (Å²) in [5, 5.41) is 10.3. The van der Waals surface area contributed by atoms with E-state index < -0.39 is 10.0 Å². The van der Waals surface area contributed by atoms with Crippen molar-refractivity contribution in [2.75, 3.05) is 20.3 Å². The molecule has 1 aromatic carbocycles. The lowest BCUT2D eigenvalue weighted by atomic mass is 10.0. The Hall–Kier alpha value is -2.82. The molecule has 0 amide bonds. The Morgan fingerprint density at radius 2 is 1.76 bits per heavy atom. The fraction of sp³-hybridized carbons (Fsp3) is 0.136. The van der Waals surface area contributed by atoms with Crippen LogP contribution in [0.4, 0.5) is 0 Å². The Morgan fingerprint density at radius 1 is 1.09 bits per heavy atom. The molecule has 33 heavy (non-hydrogen) atoms. The number of ether oxygens (including phenoxy) is 2. The van der Waals surface area contributed by atoms with Gasteiger partial charge >= 0.3 is 0 Å². The highest BCUT2D eigenvalue weighted by Gasteiger charge is 2.21. The van der Waals surface area contributed by atoms with Gasteiger partial charge in [0.15, 0.2) is 0 Å². The lowest BCUT2D eigenvalue weighted by Gasteiger charge is -2.16. The van der Waals surface area contributed by atoms with Crippen LogP contribution in [0.5, 0.6) is 5.75 Å². The van der Waals surface area contributed by atoms with E-state index in [1.165, 1.54) is 31.6 Å². The van der Waals surface area contributed by atoms with Crippen LogP contribution in [-0.4, -0.2) is 44.7 Å². The van der Waals surface area contributed by atoms with Gasteiger partial charge in [-0.25, -0.2) is 5.06 Å². The van der Waals surface area contributed by atoms with E-state index in [0.717, 1.165) is 10.6 Å². The molecule has 1 heterocycles. The highest BCUT2D eigenvalue weighted by atomic mass is 35.5. The number of nitrogens with zero attached hydrogens (tertiary/aromatic N) is 2. The molecule has 0 spiro atoms. The molecule has 1 aliphatic heterocycles. The van der Waals surface area contributed by atoms with E-state index in [1.807, 2.05) is 0 Å². The fourth-order valence-electron chi connectivity index (χ4n) is 2.70. The molecule has 0 radical (unpaired) electrons. The monoisotopic (exact) mass is 513 g/mol. The minimum absolute atomic E-state index is 0. The largest absolute Gasteiger partial charge is 0.497 e. The van der Waals surface area contributed by atoms with Crippen molar-refractivity contribution >= 4 is 40.5 Å². The van der Waals surface area contributed by atoms with E-state index >= 15 is 0 Å². The third-order valence-electron chi connectivity index (χ3n) is 4.27. The van der Waals surface area contributed by atoms with Gasteiger partial charge in [0.05, 0.1) is 12.0 Å². The Labute approximate surface area is 205 Å². The summed E-state index contributed by atoms with van der Waals surface area (Å²) in [5.41, 5.74) is 7.07. The quantitative estimate of drug-likeness (QED) is 0.571. The first kappa shape index (κ1) is 28.2. The molecular formula is C22H25Cl2N3O5S. The van der Waals surface area contributed by atoms with Crippen LogP contribution in [0.3, 0.4) is 0 Å². The number of allylic oxidation sites excluding steroid dienone is 9. The van der Waals surface area contributed by atoms with Crippen molar-refractivity contribution in [2.45, 2.75) is 4.90 Å². The summed E-state index contributed by atoms with van der Waals surface area (Å²) >= 11 is 0. The van der Waals surface area contributed by atoms with Crippen LogP contribution in [-0.2, 0) is 14.8 Å². The van der Waals surface area contributed by atoms with Crippen LogP contribution in [0.15, 0.2) is 105 Å². The van der Waals surface area contributed by atoms with Crippen molar-refractivity contribution < 1.29 is 23.1 Å². The topological polar surface area (TPSA) is 114 Å². The minimum atomic E-state index is -4.01. The zero-order chi connectivity index (χ0) is 22.3. The molecule has 0 saturated carbocycles. The average molecular weight is 514 g/mol. The predicted molar refractivity (Wildman–Crippen MR) is 132 cm³/mol. The van der Waals surface area contributed by atoms with Gasteiger partial charge in [-0.15, -0.1) is 24.8 Å². The molecule has 2 aliphatic rings. The number of nitrogens with two attached hydrogens (primary N) is 1. The van der Waals surface area contributed by atoms with Gasteiger partial charge < -0.3 is 15.2 Å². The van der Waals surface area contributed by atoms with Gasteiger partial charge in [0.1, 0.15) is 23.8 Å². The average Bonchev–Trinajstić information content (AvgIpc) is 2.78. The second-order valence-corrected chi connectivity index (χ2v) is 8.02. The maximum Gasteiger partial charge on any atom is 0.283 e. The second kappa shape index (κ2) is 13.0. The summed E-state index contributed by atoms with van der Waals surface area (Å²) in [7, 11) is -2.50. The van der Waals surface area contributed by atoms with Gasteiger partial charge in [0.2, 0.25) is 0 Å². The summed E-state index contributed by atoms with van der Waals surface area (Å²) in [6.45, 7) is 0.489. The lowest BCUT2D eigenvalue weighted by molar-refractivity contribution is 0.0105. The van der Waals surface area contributed by atoms with Crippen molar-refractivity contribution in [1.82, 2.24) is 5.06 Å². The van der Waals surface area contributed by atoms with E-state index in [4.69, 9.17) is 15.2 Å². The van der Waals surface area contributed by atoms with E-state index in [9.17, 15) is 13.6 Å². The summed E-state index contributed by atoms with van der Waals surface area (Å²) in [5.74, 6) is 0.854. The maximum absolute atomic E-state index is 12.9. The van der Waals surface area contributed by atoms with Crippen LogP contribution in [0.1, 0.15) is 0 Å². The van der Waals surface area contributed by atoms with Crippen molar-refractivity contribution in [3.05, 3.63) is 96.1 Å². The normalized spacial score (nSPS) is 17.4. The van der Waals surface area contributed by atoms with Crippen molar-refractivity contribution in [3.63, 3.8) is 0 Å². The first-order valence-corrected chi connectivity index (χ1v) is 10.8. The standard InChI is InChI=1S/C22H23N3O5S.2ClH/c1-29-19-7-9-20(10-8-19)31(27,28)24-22-18(3-2-4-21(22)30-16-13-23)6-5-17-11-14-25(26)15-12-17;;/h2-12,14-15,26H,13,16,23H2,1H3;2*1H/b18-6+,24-22-;;. The molecule has 0 bridgehead atoms. The van der Waals surface area contributed by atoms with Gasteiger partial charge in [0, 0.05) is 24.5 Å². The third-order valence-corrected chi connectivity index (χ3v) is 5.56. The number of halogens is 2. The smallest absolute Gasteiger partial charge is 0.283 e. The molecule has 0 saturated heterocycles. The first-order valence-electron chi connectivity index (χ1n) is 9.39. The molecule has 11 heteroatoms. The maximum atomic E-state index is 12.9. The lowest BCUT2D eigenvalue weighted by Crippen LogP contribution is -2.17. The van der Waals surface area contributed by atoms with Gasteiger partial charge in [-0.2, -0.15) is 12.8 Å². The van der Waals surface area contributed by atoms with Gasteiger partial charge in [-0.1, -0.05) is 24.3 Å². The van der Waals surface area contributed by atoms with Gasteiger partial charge in [-0.3, -0.25) is 5.21 Å². The molecule has 3 rings (SSSR count). The number of benzene rings is 1. The SMILES string of the molecule is COc1ccc(S(=O)(=O)/N=C2\C(OCCN)=CC=C\C2=C/C=C2C=CN(O)C=C2)cc1.Cl.Cl.